The molecule has 0 unspecified atom stereocenters. The maximum atomic E-state index is 4.00. The minimum atomic E-state index is 0. The van der Waals surface area contributed by atoms with Crippen LogP contribution in [-0.2, 0) is 0 Å². The lowest BCUT2D eigenvalue weighted by atomic mass is 13.0. The standard InChI is InChI=1S/ClH.2H4N2.2H2S/c;2*1-2;;/h1H;2*1-2H2;2*1H2. The molecule has 0 aliphatic heterocycles. The van der Waals surface area contributed by atoms with Gasteiger partial charge in [-0.3, -0.25) is 23.4 Å². The van der Waals surface area contributed by atoms with E-state index in [1.165, 1.54) is 0 Å². The van der Waals surface area contributed by atoms with Crippen LogP contribution in [0, 0.1) is 0 Å². The molecule has 4 nitrogen and oxygen atoms in total. The van der Waals surface area contributed by atoms with Gasteiger partial charge in [-0.2, -0.15) is 27.0 Å². The zero-order valence-corrected chi connectivity index (χ0v) is 6.53. The minimum Gasteiger partial charge on any atom is -0.274 e. The molecule has 0 heterocycles. The Bertz CT molecular complexity index is 9.65. The van der Waals surface area contributed by atoms with Gasteiger partial charge in [0.25, 0.3) is 0 Å². The van der Waals surface area contributed by atoms with E-state index in [-0.39, 0.29) is 39.4 Å². The van der Waals surface area contributed by atoms with Crippen LogP contribution in [0.25, 0.3) is 0 Å². The molecule has 0 aromatic heterocycles. The van der Waals surface area contributed by atoms with Gasteiger partial charge >= 0.3 is 0 Å². The first-order valence-electron chi connectivity index (χ1n) is 0.667. The highest BCUT2D eigenvalue weighted by Crippen LogP contribution is 0.690. The van der Waals surface area contributed by atoms with E-state index < -0.39 is 0 Å². The van der Waals surface area contributed by atoms with Crippen molar-refractivity contribution in [1.29, 1.82) is 0 Å². The SMILES string of the molecule is Cl.NN.NN.S.S. The third kappa shape index (κ3) is 231. The van der Waals surface area contributed by atoms with Crippen molar-refractivity contribution < 1.29 is 0 Å². The molecule has 0 saturated carbocycles. The molecule has 0 fully saturated rings. The molecule has 0 amide bonds. The molecule has 0 aliphatic rings. The van der Waals surface area contributed by atoms with Crippen LogP contribution >= 0.6 is 39.4 Å². The van der Waals surface area contributed by atoms with Gasteiger partial charge in [-0.25, -0.2) is 0 Å². The summed E-state index contributed by atoms with van der Waals surface area (Å²) in [7, 11) is 0. The monoisotopic (exact) mass is 168 g/mol. The van der Waals surface area contributed by atoms with Gasteiger partial charge in [0.1, 0.15) is 0 Å². The highest BCUT2D eigenvalue weighted by atomic mass is 35.5. The summed E-state index contributed by atoms with van der Waals surface area (Å²) >= 11 is 0. The molecule has 0 radical (unpaired) electrons. The van der Waals surface area contributed by atoms with Crippen molar-refractivity contribution in [2.75, 3.05) is 0 Å². The second-order valence-electron chi connectivity index (χ2n) is 0. The fourth-order valence-corrected chi connectivity index (χ4v) is 0. The Hall–Kier alpha value is 0.830. The molecule has 7 heavy (non-hydrogen) atoms. The van der Waals surface area contributed by atoms with E-state index in [1.54, 1.807) is 0 Å². The van der Waals surface area contributed by atoms with Crippen molar-refractivity contribution >= 4 is 39.4 Å². The predicted molar refractivity (Wildman–Crippen MR) is 44.8 cm³/mol. The average Bonchev–Trinajstić information content (AvgIpc) is 1.50. The maximum Gasteiger partial charge on any atom is -0.147 e. The zero-order chi connectivity index (χ0) is 4.00. The van der Waals surface area contributed by atoms with E-state index in [1.807, 2.05) is 0 Å². The van der Waals surface area contributed by atoms with Gasteiger partial charge in [0, 0.05) is 0 Å². The molecule has 0 aromatic carbocycles. The molecule has 0 saturated heterocycles. The minimum absolute atomic E-state index is 0. The van der Waals surface area contributed by atoms with Crippen molar-refractivity contribution in [3.63, 3.8) is 0 Å². The molecule has 0 bridgehead atoms. The summed E-state index contributed by atoms with van der Waals surface area (Å²) in [6.45, 7) is 0. The van der Waals surface area contributed by atoms with Crippen molar-refractivity contribution in [1.82, 2.24) is 0 Å². The lowest BCUT2D eigenvalue weighted by Crippen LogP contribution is -2.02. The summed E-state index contributed by atoms with van der Waals surface area (Å²) in [4.78, 5) is 0. The lowest BCUT2D eigenvalue weighted by Gasteiger charge is -1.27. The summed E-state index contributed by atoms with van der Waals surface area (Å²) in [5, 5.41) is 0. The molecule has 0 aromatic rings. The number of halogens is 1. The predicted octanol–water partition coefficient (Wildman–Crippen LogP) is -1.72. The Morgan fingerprint density at radius 1 is 0.571 bits per heavy atom. The Morgan fingerprint density at radius 2 is 0.571 bits per heavy atom. The van der Waals surface area contributed by atoms with E-state index in [9.17, 15) is 0 Å². The van der Waals surface area contributed by atoms with E-state index in [4.69, 9.17) is 0 Å². The fraction of sp³-hybridized carbons (Fsp3) is 0. The largest absolute Gasteiger partial charge is 0.274 e. The molecule has 0 rings (SSSR count). The third-order valence-electron chi connectivity index (χ3n) is 0. The molecule has 52 valence electrons. The number of rotatable bonds is 0. The van der Waals surface area contributed by atoms with Gasteiger partial charge in [-0.1, -0.05) is 0 Å². The van der Waals surface area contributed by atoms with Crippen LogP contribution in [0.2, 0.25) is 0 Å². The molecule has 0 aliphatic carbocycles. The lowest BCUT2D eigenvalue weighted by molar-refractivity contribution is 1.26. The van der Waals surface area contributed by atoms with Crippen LogP contribution in [-0.4, -0.2) is 0 Å². The number of hydrogen-bond donors (Lipinski definition) is 4. The number of nitrogens with two attached hydrogens (primary N) is 4. The first-order chi connectivity index (χ1) is 2.00. The van der Waals surface area contributed by atoms with Gasteiger partial charge in [0.05, 0.1) is 0 Å². The molecule has 8 N–H and O–H groups in total. The second kappa shape index (κ2) is 337. The Morgan fingerprint density at radius 3 is 0.571 bits per heavy atom. The van der Waals surface area contributed by atoms with Gasteiger partial charge in [0.2, 0.25) is 0 Å². The van der Waals surface area contributed by atoms with E-state index in [0.29, 0.717) is 0 Å². The fourth-order valence-electron chi connectivity index (χ4n) is 0. The van der Waals surface area contributed by atoms with Crippen molar-refractivity contribution in [2.24, 2.45) is 23.4 Å². The third-order valence-corrected chi connectivity index (χ3v) is 0. The summed E-state index contributed by atoms with van der Waals surface area (Å²) in [5.41, 5.74) is 0. The Labute approximate surface area is 63.2 Å². The molecular formula is H13ClN4S2. The van der Waals surface area contributed by atoms with Crippen LogP contribution < -0.4 is 23.4 Å². The topological polar surface area (TPSA) is 104 Å². The van der Waals surface area contributed by atoms with Gasteiger partial charge < -0.3 is 0 Å². The first-order valence-corrected chi connectivity index (χ1v) is 0.667. The summed E-state index contributed by atoms with van der Waals surface area (Å²) in [6.07, 6.45) is 0. The van der Waals surface area contributed by atoms with Gasteiger partial charge in [-0.05, 0) is 0 Å². The average molecular weight is 169 g/mol. The molecular weight excluding hydrogens is 156 g/mol. The summed E-state index contributed by atoms with van der Waals surface area (Å²) in [5.74, 6) is 16.0. The first kappa shape index (κ1) is 45.6. The number of hydrazine groups is 2. The van der Waals surface area contributed by atoms with Crippen LogP contribution in [0.4, 0.5) is 0 Å². The summed E-state index contributed by atoms with van der Waals surface area (Å²) in [6, 6.07) is 0. The highest BCUT2D eigenvalue weighted by Gasteiger charge is 0.728. The zero-order valence-electron chi connectivity index (χ0n) is 3.72. The van der Waals surface area contributed by atoms with Crippen molar-refractivity contribution in [3.8, 4) is 0 Å². The number of hydrogen-bond acceptors (Lipinski definition) is 4. The quantitative estimate of drug-likeness (QED) is 0.255. The molecule has 0 atom stereocenters. The smallest absolute Gasteiger partial charge is 0.147 e. The van der Waals surface area contributed by atoms with Crippen LogP contribution in [0.15, 0.2) is 0 Å². The van der Waals surface area contributed by atoms with E-state index in [2.05, 4.69) is 23.4 Å². The second-order valence-corrected chi connectivity index (χ2v) is 0. The molecule has 0 spiro atoms. The van der Waals surface area contributed by atoms with Crippen LogP contribution in [0.1, 0.15) is 0 Å². The van der Waals surface area contributed by atoms with E-state index >= 15 is 0 Å². The Balaban J connectivity index is -0.00000000267. The van der Waals surface area contributed by atoms with Crippen LogP contribution in [0.3, 0.4) is 0 Å². The highest BCUT2D eigenvalue weighted by molar-refractivity contribution is 7.59. The molecule has 7 heteroatoms. The summed E-state index contributed by atoms with van der Waals surface area (Å²) < 4.78 is 0. The maximum absolute atomic E-state index is 4.00. The Kier molecular flexibility index (Phi) is 2200. The van der Waals surface area contributed by atoms with Crippen molar-refractivity contribution in [3.05, 3.63) is 0 Å². The van der Waals surface area contributed by atoms with E-state index in [0.717, 1.165) is 0 Å². The van der Waals surface area contributed by atoms with Gasteiger partial charge in [0.15, 0.2) is 0 Å². The van der Waals surface area contributed by atoms with Crippen molar-refractivity contribution in [2.45, 2.75) is 0 Å². The van der Waals surface area contributed by atoms with Gasteiger partial charge in [-0.15, -0.1) is 12.4 Å². The normalized spacial score (nSPS) is 1.71. The van der Waals surface area contributed by atoms with Crippen LogP contribution in [0.5, 0.6) is 0 Å².